The topological polar surface area (TPSA) is 48.7 Å². The van der Waals surface area contributed by atoms with Crippen molar-refractivity contribution < 1.29 is 9.21 Å². The van der Waals surface area contributed by atoms with Gasteiger partial charge in [-0.1, -0.05) is 6.92 Å². The van der Waals surface area contributed by atoms with Gasteiger partial charge in [-0.15, -0.1) is 0 Å². The van der Waals surface area contributed by atoms with Crippen LogP contribution in [0.2, 0.25) is 0 Å². The molecule has 1 aromatic rings. The van der Waals surface area contributed by atoms with Crippen molar-refractivity contribution in [2.24, 2.45) is 0 Å². The van der Waals surface area contributed by atoms with Gasteiger partial charge < -0.3 is 14.6 Å². The zero-order valence-corrected chi connectivity index (χ0v) is 15.4. The van der Waals surface area contributed by atoms with E-state index in [0.29, 0.717) is 18.3 Å². The molecular formula is C16H24IN3O2. The first-order valence-corrected chi connectivity index (χ1v) is 8.84. The Morgan fingerprint density at radius 1 is 1.41 bits per heavy atom. The quantitative estimate of drug-likeness (QED) is 0.569. The molecule has 2 rings (SSSR count). The first-order valence-electron chi connectivity index (χ1n) is 7.76. The number of rotatable bonds is 6. The fraction of sp³-hybridized carbons (Fsp3) is 0.562. The van der Waals surface area contributed by atoms with Crippen LogP contribution in [0.3, 0.4) is 0 Å². The molecule has 0 radical (unpaired) electrons. The summed E-state index contributed by atoms with van der Waals surface area (Å²) in [5, 5.41) is 2.96. The number of carbonyl (C=O) groups is 1. The maximum atomic E-state index is 11.8. The number of carbonyl (C=O) groups excluding carboxylic acids is 1. The minimum Gasteiger partial charge on any atom is -0.451 e. The van der Waals surface area contributed by atoms with Gasteiger partial charge in [-0.3, -0.25) is 9.69 Å². The van der Waals surface area contributed by atoms with Crippen molar-refractivity contribution in [3.8, 4) is 0 Å². The van der Waals surface area contributed by atoms with Crippen LogP contribution in [0.4, 0.5) is 0 Å². The van der Waals surface area contributed by atoms with Crippen LogP contribution < -0.4 is 5.32 Å². The number of hydrogen-bond acceptors (Lipinski definition) is 4. The highest BCUT2D eigenvalue weighted by atomic mass is 127. The lowest BCUT2D eigenvalue weighted by Gasteiger charge is -2.37. The Hall–Kier alpha value is -0.860. The largest absolute Gasteiger partial charge is 0.451 e. The van der Waals surface area contributed by atoms with Crippen LogP contribution in [0, 0.1) is 3.77 Å². The number of hydrogen-bond donors (Lipinski definition) is 1. The summed E-state index contributed by atoms with van der Waals surface area (Å²) in [6.45, 7) is 10.5. The minimum absolute atomic E-state index is 0.0783. The molecule has 1 saturated heterocycles. The van der Waals surface area contributed by atoms with E-state index in [1.807, 2.05) is 12.1 Å². The number of likely N-dealkylation sites (N-methyl/N-ethyl adjacent to an activating group) is 1. The molecule has 1 fully saturated rings. The van der Waals surface area contributed by atoms with Crippen molar-refractivity contribution >= 4 is 34.6 Å². The van der Waals surface area contributed by atoms with Gasteiger partial charge in [0.2, 0.25) is 5.91 Å². The Labute approximate surface area is 145 Å². The Morgan fingerprint density at radius 3 is 2.73 bits per heavy atom. The van der Waals surface area contributed by atoms with E-state index in [2.05, 4.69) is 51.6 Å². The van der Waals surface area contributed by atoms with Gasteiger partial charge >= 0.3 is 0 Å². The highest BCUT2D eigenvalue weighted by molar-refractivity contribution is 14.1. The van der Waals surface area contributed by atoms with Crippen LogP contribution >= 0.6 is 22.6 Å². The van der Waals surface area contributed by atoms with Gasteiger partial charge in [-0.05, 0) is 54.3 Å². The molecule has 1 amide bonds. The Bertz CT molecular complexity index is 507. The monoisotopic (exact) mass is 417 g/mol. The van der Waals surface area contributed by atoms with E-state index in [0.717, 1.165) is 36.5 Å². The van der Waals surface area contributed by atoms with Gasteiger partial charge in [-0.25, -0.2) is 0 Å². The van der Waals surface area contributed by atoms with Gasteiger partial charge in [0.15, 0.2) is 3.77 Å². The van der Waals surface area contributed by atoms with Crippen LogP contribution in [0.15, 0.2) is 22.6 Å². The van der Waals surface area contributed by atoms with Gasteiger partial charge in [0, 0.05) is 44.8 Å². The van der Waals surface area contributed by atoms with Crippen LogP contribution in [-0.4, -0.2) is 61.0 Å². The van der Waals surface area contributed by atoms with Gasteiger partial charge in [0.05, 0.1) is 0 Å². The van der Waals surface area contributed by atoms with Crippen molar-refractivity contribution in [2.75, 3.05) is 39.3 Å². The number of piperazine rings is 1. The summed E-state index contributed by atoms with van der Waals surface area (Å²) in [6.07, 6.45) is 3.22. The first-order chi connectivity index (χ1) is 10.6. The highest BCUT2D eigenvalue weighted by Crippen LogP contribution is 2.11. The van der Waals surface area contributed by atoms with E-state index in [9.17, 15) is 4.79 Å². The molecule has 122 valence electrons. The number of nitrogens with one attached hydrogen (secondary N) is 1. The number of halogens is 1. The molecule has 0 bridgehead atoms. The van der Waals surface area contributed by atoms with Crippen molar-refractivity contribution in [1.29, 1.82) is 0 Å². The molecule has 0 aromatic carbocycles. The molecule has 1 N–H and O–H groups in total. The van der Waals surface area contributed by atoms with Crippen LogP contribution in [-0.2, 0) is 4.79 Å². The maximum Gasteiger partial charge on any atom is 0.244 e. The van der Waals surface area contributed by atoms with E-state index in [1.165, 1.54) is 6.08 Å². The average molecular weight is 417 g/mol. The summed E-state index contributed by atoms with van der Waals surface area (Å²) in [4.78, 5) is 16.7. The SMILES string of the molecule is CCN1CCN(C(C)CNC(=O)C=Cc2ccc(I)o2)CC1. The van der Waals surface area contributed by atoms with Crippen molar-refractivity contribution in [1.82, 2.24) is 15.1 Å². The van der Waals surface area contributed by atoms with Crippen LogP contribution in [0.5, 0.6) is 0 Å². The molecule has 1 aliphatic rings. The molecule has 2 heterocycles. The number of amides is 1. The third kappa shape index (κ3) is 5.40. The molecule has 0 saturated carbocycles. The lowest BCUT2D eigenvalue weighted by Crippen LogP contribution is -2.52. The third-order valence-corrected chi connectivity index (χ3v) is 4.62. The fourth-order valence-corrected chi connectivity index (χ4v) is 2.97. The fourth-order valence-electron chi connectivity index (χ4n) is 2.53. The predicted molar refractivity (Wildman–Crippen MR) is 96.6 cm³/mol. The molecule has 1 aromatic heterocycles. The summed E-state index contributed by atoms with van der Waals surface area (Å²) < 4.78 is 6.20. The molecule has 1 aliphatic heterocycles. The second-order valence-electron chi connectivity index (χ2n) is 5.54. The number of furan rings is 1. The van der Waals surface area contributed by atoms with Crippen molar-refractivity contribution in [3.63, 3.8) is 0 Å². The molecule has 1 atom stereocenters. The highest BCUT2D eigenvalue weighted by Gasteiger charge is 2.20. The smallest absolute Gasteiger partial charge is 0.244 e. The van der Waals surface area contributed by atoms with E-state index in [1.54, 1.807) is 6.08 Å². The molecule has 6 heteroatoms. The number of nitrogens with zero attached hydrogens (tertiary/aromatic N) is 2. The summed E-state index contributed by atoms with van der Waals surface area (Å²) in [5.41, 5.74) is 0. The second-order valence-corrected chi connectivity index (χ2v) is 6.60. The molecule has 0 spiro atoms. The zero-order chi connectivity index (χ0) is 15.9. The summed E-state index contributed by atoms with van der Waals surface area (Å²) in [6, 6.07) is 4.08. The van der Waals surface area contributed by atoms with E-state index < -0.39 is 0 Å². The Morgan fingerprint density at radius 2 is 2.14 bits per heavy atom. The maximum absolute atomic E-state index is 11.8. The lowest BCUT2D eigenvalue weighted by molar-refractivity contribution is -0.116. The zero-order valence-electron chi connectivity index (χ0n) is 13.2. The summed E-state index contributed by atoms with van der Waals surface area (Å²) >= 11 is 2.10. The van der Waals surface area contributed by atoms with E-state index in [4.69, 9.17) is 4.42 Å². The summed E-state index contributed by atoms with van der Waals surface area (Å²) in [7, 11) is 0. The Kier molecular flexibility index (Phi) is 6.91. The molecule has 0 aliphatic carbocycles. The molecular weight excluding hydrogens is 393 g/mol. The second kappa shape index (κ2) is 8.69. The summed E-state index contributed by atoms with van der Waals surface area (Å²) in [5.74, 6) is 0.619. The van der Waals surface area contributed by atoms with Crippen LogP contribution in [0.25, 0.3) is 6.08 Å². The van der Waals surface area contributed by atoms with E-state index >= 15 is 0 Å². The van der Waals surface area contributed by atoms with Gasteiger partial charge in [0.1, 0.15) is 5.76 Å². The lowest BCUT2D eigenvalue weighted by atomic mass is 10.2. The van der Waals surface area contributed by atoms with Gasteiger partial charge in [-0.2, -0.15) is 0 Å². The predicted octanol–water partition coefficient (Wildman–Crippen LogP) is 2.04. The third-order valence-electron chi connectivity index (χ3n) is 4.04. The molecule has 1 unspecified atom stereocenters. The average Bonchev–Trinajstić information content (AvgIpc) is 2.96. The van der Waals surface area contributed by atoms with Gasteiger partial charge in [0.25, 0.3) is 0 Å². The molecule has 22 heavy (non-hydrogen) atoms. The van der Waals surface area contributed by atoms with Crippen LogP contribution in [0.1, 0.15) is 19.6 Å². The molecule has 5 nitrogen and oxygen atoms in total. The normalized spacial score (nSPS) is 18.7. The Balaban J connectivity index is 1.70. The minimum atomic E-state index is -0.0783. The standard InChI is InChI=1S/C16H24IN3O2/c1-3-19-8-10-20(11-9-19)13(2)12-18-16(21)7-5-14-4-6-15(17)22-14/h4-7,13H,3,8-12H2,1-2H3,(H,18,21). The van der Waals surface area contributed by atoms with E-state index in [-0.39, 0.29) is 5.91 Å². The van der Waals surface area contributed by atoms with Crippen molar-refractivity contribution in [3.05, 3.63) is 27.7 Å². The first kappa shape index (κ1) is 17.5. The van der Waals surface area contributed by atoms with Crippen molar-refractivity contribution in [2.45, 2.75) is 19.9 Å².